The molecule has 1 aliphatic heterocycles. The van der Waals surface area contributed by atoms with Gasteiger partial charge >= 0.3 is 0 Å². The highest BCUT2D eigenvalue weighted by Gasteiger charge is 2.26. The van der Waals surface area contributed by atoms with Gasteiger partial charge in [-0.1, -0.05) is 19.4 Å². The van der Waals surface area contributed by atoms with E-state index in [1.54, 1.807) is 0 Å². The minimum atomic E-state index is 0.211. The Labute approximate surface area is 166 Å². The van der Waals surface area contributed by atoms with E-state index in [2.05, 4.69) is 32.6 Å². The number of benzene rings is 1. The Morgan fingerprint density at radius 2 is 2.11 bits per heavy atom. The molecule has 1 fully saturated rings. The van der Waals surface area contributed by atoms with Crippen LogP contribution in [-0.2, 0) is 17.8 Å². The lowest BCUT2D eigenvalue weighted by Crippen LogP contribution is -2.39. The van der Waals surface area contributed by atoms with Crippen molar-refractivity contribution in [2.75, 3.05) is 13.1 Å². The quantitative estimate of drug-likeness (QED) is 0.708. The molecule has 1 amide bonds. The number of imidazole rings is 2. The summed E-state index contributed by atoms with van der Waals surface area (Å²) >= 11 is 0. The second-order valence-electron chi connectivity index (χ2n) is 7.84. The Morgan fingerprint density at radius 3 is 2.89 bits per heavy atom. The summed E-state index contributed by atoms with van der Waals surface area (Å²) in [6.45, 7) is 6.83. The van der Waals surface area contributed by atoms with E-state index in [1.165, 1.54) is 18.7 Å². The maximum absolute atomic E-state index is 12.8. The summed E-state index contributed by atoms with van der Waals surface area (Å²) in [5.74, 6) is 2.77. The maximum Gasteiger partial charge on any atom is 0.226 e. The maximum atomic E-state index is 12.8. The van der Waals surface area contributed by atoms with Crippen molar-refractivity contribution in [3.05, 3.63) is 47.8 Å². The van der Waals surface area contributed by atoms with Crippen molar-refractivity contribution in [2.24, 2.45) is 0 Å². The van der Waals surface area contributed by atoms with E-state index in [0.717, 1.165) is 54.9 Å². The van der Waals surface area contributed by atoms with Crippen LogP contribution in [0.2, 0.25) is 0 Å². The van der Waals surface area contributed by atoms with Crippen molar-refractivity contribution in [1.82, 2.24) is 24.4 Å². The zero-order valence-electron chi connectivity index (χ0n) is 16.8. The molecule has 1 aliphatic rings. The summed E-state index contributed by atoms with van der Waals surface area (Å²) in [6, 6.07) is 6.05. The van der Waals surface area contributed by atoms with Crippen LogP contribution < -0.4 is 0 Å². The van der Waals surface area contributed by atoms with Crippen LogP contribution >= 0.6 is 0 Å². The highest BCUT2D eigenvalue weighted by atomic mass is 16.2. The van der Waals surface area contributed by atoms with Crippen molar-refractivity contribution in [2.45, 2.75) is 58.4 Å². The van der Waals surface area contributed by atoms with E-state index in [4.69, 9.17) is 0 Å². The SMILES string of the molecule is CCCCn1ccnc1C1CCN(C(=O)Cc2ccc3nc(C)[nH]c3c2)CC1. The first-order valence-electron chi connectivity index (χ1n) is 10.4. The Kier molecular flexibility index (Phi) is 5.46. The van der Waals surface area contributed by atoms with Crippen molar-refractivity contribution in [1.29, 1.82) is 0 Å². The number of piperidine rings is 1. The first-order valence-corrected chi connectivity index (χ1v) is 10.4. The molecular weight excluding hydrogens is 350 g/mol. The van der Waals surface area contributed by atoms with Gasteiger partial charge in [0.15, 0.2) is 0 Å². The predicted molar refractivity (Wildman–Crippen MR) is 110 cm³/mol. The molecule has 28 heavy (non-hydrogen) atoms. The summed E-state index contributed by atoms with van der Waals surface area (Å²) in [5, 5.41) is 0. The fourth-order valence-electron chi connectivity index (χ4n) is 4.17. The van der Waals surface area contributed by atoms with Gasteiger partial charge in [0.1, 0.15) is 11.6 Å². The van der Waals surface area contributed by atoms with E-state index in [1.807, 2.05) is 36.2 Å². The van der Waals surface area contributed by atoms with Gasteiger partial charge in [-0.05, 0) is 43.9 Å². The van der Waals surface area contributed by atoms with Gasteiger partial charge in [-0.2, -0.15) is 0 Å². The third-order valence-corrected chi connectivity index (χ3v) is 5.73. The number of hydrogen-bond acceptors (Lipinski definition) is 3. The predicted octanol–water partition coefficient (Wildman–Crippen LogP) is 3.82. The van der Waals surface area contributed by atoms with Crippen LogP contribution in [-0.4, -0.2) is 43.4 Å². The van der Waals surface area contributed by atoms with Crippen LogP contribution in [0.15, 0.2) is 30.6 Å². The summed E-state index contributed by atoms with van der Waals surface area (Å²) < 4.78 is 2.30. The standard InChI is InChI=1S/C22H29N5O/c1-3-4-10-27-13-9-23-22(27)18-7-11-26(12-8-18)21(28)15-17-5-6-19-20(14-17)25-16(2)24-19/h5-6,9,13-14,18H,3-4,7-8,10-12,15H2,1-2H3,(H,24,25). The van der Waals surface area contributed by atoms with Gasteiger partial charge in [-0.25, -0.2) is 9.97 Å². The van der Waals surface area contributed by atoms with E-state index >= 15 is 0 Å². The lowest BCUT2D eigenvalue weighted by Gasteiger charge is -2.32. The van der Waals surface area contributed by atoms with Gasteiger partial charge in [-0.15, -0.1) is 0 Å². The molecular formula is C22H29N5O. The van der Waals surface area contributed by atoms with E-state index in [0.29, 0.717) is 12.3 Å². The molecule has 148 valence electrons. The number of fused-ring (bicyclic) bond motifs is 1. The van der Waals surface area contributed by atoms with Gasteiger partial charge in [0.05, 0.1) is 17.5 Å². The van der Waals surface area contributed by atoms with E-state index in [-0.39, 0.29) is 5.91 Å². The summed E-state index contributed by atoms with van der Waals surface area (Å²) in [7, 11) is 0. The lowest BCUT2D eigenvalue weighted by atomic mass is 9.95. The van der Waals surface area contributed by atoms with Gasteiger partial charge in [-0.3, -0.25) is 4.79 Å². The number of hydrogen-bond donors (Lipinski definition) is 1. The number of amides is 1. The molecule has 0 atom stereocenters. The second kappa shape index (κ2) is 8.17. The molecule has 0 saturated carbocycles. The summed E-state index contributed by atoms with van der Waals surface area (Å²) in [6.07, 6.45) is 8.81. The normalized spacial score (nSPS) is 15.4. The van der Waals surface area contributed by atoms with Gasteiger partial charge < -0.3 is 14.5 Å². The number of H-pyrrole nitrogens is 1. The number of aromatic nitrogens is 4. The topological polar surface area (TPSA) is 66.8 Å². The van der Waals surface area contributed by atoms with Crippen molar-refractivity contribution in [3.63, 3.8) is 0 Å². The lowest BCUT2D eigenvalue weighted by molar-refractivity contribution is -0.131. The molecule has 3 heterocycles. The largest absolute Gasteiger partial charge is 0.342 e. The van der Waals surface area contributed by atoms with Crippen molar-refractivity contribution < 1.29 is 4.79 Å². The zero-order chi connectivity index (χ0) is 19.5. The second-order valence-corrected chi connectivity index (χ2v) is 7.84. The number of unbranched alkanes of at least 4 members (excludes halogenated alkanes) is 1. The zero-order valence-corrected chi connectivity index (χ0v) is 16.8. The molecule has 0 aliphatic carbocycles. The van der Waals surface area contributed by atoms with Crippen LogP contribution in [0.3, 0.4) is 0 Å². The molecule has 3 aromatic rings. The molecule has 0 radical (unpaired) electrons. The number of aromatic amines is 1. The Morgan fingerprint density at radius 1 is 1.29 bits per heavy atom. The fraction of sp³-hybridized carbons (Fsp3) is 0.500. The highest BCUT2D eigenvalue weighted by molar-refractivity contribution is 5.82. The monoisotopic (exact) mass is 379 g/mol. The summed E-state index contributed by atoms with van der Waals surface area (Å²) in [5.41, 5.74) is 2.99. The van der Waals surface area contributed by atoms with Crippen LogP contribution in [0.5, 0.6) is 0 Å². The molecule has 0 bridgehead atoms. The molecule has 4 rings (SSSR count). The molecule has 6 heteroatoms. The Balaban J connectivity index is 1.35. The first kappa shape index (κ1) is 18.7. The molecule has 1 N–H and O–H groups in total. The van der Waals surface area contributed by atoms with Crippen LogP contribution in [0.25, 0.3) is 11.0 Å². The minimum Gasteiger partial charge on any atom is -0.342 e. The average Bonchev–Trinajstić information content (AvgIpc) is 3.31. The fourth-order valence-corrected chi connectivity index (χ4v) is 4.17. The third kappa shape index (κ3) is 3.96. The first-order chi connectivity index (χ1) is 13.6. The Bertz CT molecular complexity index is 949. The van der Waals surface area contributed by atoms with Gasteiger partial charge in [0.2, 0.25) is 5.91 Å². The number of carbonyl (C=O) groups excluding carboxylic acids is 1. The highest BCUT2D eigenvalue weighted by Crippen LogP contribution is 2.27. The van der Waals surface area contributed by atoms with Crippen molar-refractivity contribution in [3.8, 4) is 0 Å². The molecule has 6 nitrogen and oxygen atoms in total. The molecule has 1 saturated heterocycles. The van der Waals surface area contributed by atoms with Crippen molar-refractivity contribution >= 4 is 16.9 Å². The van der Waals surface area contributed by atoms with Crippen LogP contribution in [0.1, 0.15) is 55.7 Å². The van der Waals surface area contributed by atoms with Gasteiger partial charge in [0.25, 0.3) is 0 Å². The average molecular weight is 380 g/mol. The van der Waals surface area contributed by atoms with Gasteiger partial charge in [0, 0.05) is 37.9 Å². The van der Waals surface area contributed by atoms with Crippen LogP contribution in [0.4, 0.5) is 0 Å². The summed E-state index contributed by atoms with van der Waals surface area (Å²) in [4.78, 5) is 27.1. The van der Waals surface area contributed by atoms with E-state index < -0.39 is 0 Å². The molecule has 0 unspecified atom stereocenters. The molecule has 2 aromatic heterocycles. The molecule has 0 spiro atoms. The number of rotatable bonds is 6. The number of carbonyl (C=O) groups is 1. The molecule has 1 aromatic carbocycles. The van der Waals surface area contributed by atoms with Crippen LogP contribution in [0, 0.1) is 6.92 Å². The minimum absolute atomic E-state index is 0.211. The Hall–Kier alpha value is -2.63. The third-order valence-electron chi connectivity index (χ3n) is 5.73. The number of nitrogens with zero attached hydrogens (tertiary/aromatic N) is 4. The smallest absolute Gasteiger partial charge is 0.226 e. The number of nitrogens with one attached hydrogen (secondary N) is 1. The van der Waals surface area contributed by atoms with E-state index in [9.17, 15) is 4.79 Å². The number of aryl methyl sites for hydroxylation is 2. The number of likely N-dealkylation sites (tertiary alicyclic amines) is 1.